The minimum Gasteiger partial charge on any atom is -0.489 e. The minimum absolute atomic E-state index is 0. The Labute approximate surface area is 170 Å². The molecule has 1 aliphatic heterocycles. The zero-order valence-electron chi connectivity index (χ0n) is 16.2. The molecule has 1 aromatic carbocycles. The standard InChI is InChI=1S/C19H26FN5O2.ClH/c1-23(11-12-27-17-6-4-3-5-15(17)20)18(26)14-25-10-7-21-13-16(25)19-22-8-9-24(19)2;/h3-6,8-9,16,21H,7,10-14H2,1-2H3;1H. The average Bonchev–Trinajstić information content (AvgIpc) is 3.09. The molecule has 1 atom stereocenters. The second-order valence-corrected chi connectivity index (χ2v) is 6.68. The molecule has 1 unspecified atom stereocenters. The molecule has 0 aliphatic carbocycles. The van der Waals surface area contributed by atoms with Crippen LogP contribution in [0.5, 0.6) is 5.75 Å². The number of rotatable bonds is 7. The molecule has 2 heterocycles. The average molecular weight is 412 g/mol. The summed E-state index contributed by atoms with van der Waals surface area (Å²) in [6.07, 6.45) is 3.69. The summed E-state index contributed by atoms with van der Waals surface area (Å²) in [5.74, 6) is 0.759. The molecule has 7 nitrogen and oxygen atoms in total. The molecule has 1 aliphatic rings. The molecule has 0 saturated carbocycles. The van der Waals surface area contributed by atoms with Crippen LogP contribution in [0.2, 0.25) is 0 Å². The Kier molecular flexibility index (Phi) is 8.22. The van der Waals surface area contributed by atoms with E-state index in [0.717, 1.165) is 25.5 Å². The Bertz CT molecular complexity index is 772. The highest BCUT2D eigenvalue weighted by Gasteiger charge is 2.28. The Morgan fingerprint density at radius 2 is 2.21 bits per heavy atom. The molecule has 1 fully saturated rings. The number of nitrogens with zero attached hydrogens (tertiary/aromatic N) is 4. The van der Waals surface area contributed by atoms with E-state index in [1.807, 2.05) is 17.8 Å². The van der Waals surface area contributed by atoms with Crippen molar-refractivity contribution in [2.45, 2.75) is 6.04 Å². The molecule has 1 aromatic heterocycles. The van der Waals surface area contributed by atoms with Crippen LogP contribution >= 0.6 is 12.4 Å². The molecule has 2 aromatic rings. The predicted octanol–water partition coefficient (Wildman–Crippen LogP) is 1.46. The topological polar surface area (TPSA) is 62.6 Å². The second-order valence-electron chi connectivity index (χ2n) is 6.68. The van der Waals surface area contributed by atoms with Crippen molar-refractivity contribution >= 4 is 18.3 Å². The maximum absolute atomic E-state index is 13.6. The van der Waals surface area contributed by atoms with Crippen molar-refractivity contribution in [3.8, 4) is 5.75 Å². The fourth-order valence-electron chi connectivity index (χ4n) is 3.16. The number of hydrogen-bond donors (Lipinski definition) is 1. The van der Waals surface area contributed by atoms with Gasteiger partial charge in [-0.1, -0.05) is 12.1 Å². The number of amides is 1. The van der Waals surface area contributed by atoms with E-state index in [1.54, 1.807) is 36.3 Å². The first-order valence-electron chi connectivity index (χ1n) is 9.09. The Morgan fingerprint density at radius 3 is 2.93 bits per heavy atom. The maximum Gasteiger partial charge on any atom is 0.236 e. The number of hydrogen-bond acceptors (Lipinski definition) is 5. The van der Waals surface area contributed by atoms with Crippen molar-refractivity contribution < 1.29 is 13.9 Å². The van der Waals surface area contributed by atoms with Crippen LogP contribution in [0.3, 0.4) is 0 Å². The van der Waals surface area contributed by atoms with E-state index in [2.05, 4.69) is 15.2 Å². The lowest BCUT2D eigenvalue weighted by atomic mass is 10.1. The summed E-state index contributed by atoms with van der Waals surface area (Å²) < 4.78 is 21.0. The number of carbonyl (C=O) groups excluding carboxylic acids is 1. The van der Waals surface area contributed by atoms with Gasteiger partial charge in [-0.15, -0.1) is 12.4 Å². The normalized spacial score (nSPS) is 17.0. The number of nitrogens with one attached hydrogen (secondary N) is 1. The zero-order chi connectivity index (χ0) is 19.2. The largest absolute Gasteiger partial charge is 0.489 e. The van der Waals surface area contributed by atoms with Crippen LogP contribution < -0.4 is 10.1 Å². The quantitative estimate of drug-likeness (QED) is 0.747. The third-order valence-corrected chi connectivity index (χ3v) is 4.80. The highest BCUT2D eigenvalue weighted by atomic mass is 35.5. The monoisotopic (exact) mass is 411 g/mol. The highest BCUT2D eigenvalue weighted by molar-refractivity contribution is 5.85. The van der Waals surface area contributed by atoms with Gasteiger partial charge in [-0.05, 0) is 12.1 Å². The summed E-state index contributed by atoms with van der Waals surface area (Å²) in [6, 6.07) is 6.33. The van der Waals surface area contributed by atoms with Crippen LogP contribution in [0.25, 0.3) is 0 Å². The number of aromatic nitrogens is 2. The van der Waals surface area contributed by atoms with Crippen molar-refractivity contribution in [1.29, 1.82) is 0 Å². The van der Waals surface area contributed by atoms with E-state index >= 15 is 0 Å². The number of piperazine rings is 1. The van der Waals surface area contributed by atoms with Gasteiger partial charge in [-0.3, -0.25) is 9.69 Å². The van der Waals surface area contributed by atoms with Gasteiger partial charge in [0.1, 0.15) is 12.4 Å². The fourth-order valence-corrected chi connectivity index (χ4v) is 3.16. The summed E-state index contributed by atoms with van der Waals surface area (Å²) >= 11 is 0. The first-order valence-corrected chi connectivity index (χ1v) is 9.09. The SMILES string of the molecule is CN(CCOc1ccccc1F)C(=O)CN1CCNCC1c1nccn1C.Cl. The van der Waals surface area contributed by atoms with E-state index < -0.39 is 5.82 Å². The number of halogens is 2. The number of benzene rings is 1. The Morgan fingerprint density at radius 1 is 1.43 bits per heavy atom. The number of aryl methyl sites for hydroxylation is 1. The van der Waals surface area contributed by atoms with E-state index in [4.69, 9.17) is 4.74 Å². The predicted molar refractivity (Wildman–Crippen MR) is 107 cm³/mol. The molecule has 9 heteroatoms. The molecule has 28 heavy (non-hydrogen) atoms. The molecule has 0 bridgehead atoms. The Hall–Kier alpha value is -2.16. The van der Waals surface area contributed by atoms with E-state index in [0.29, 0.717) is 13.1 Å². The lowest BCUT2D eigenvalue weighted by Crippen LogP contribution is -2.50. The second kappa shape index (κ2) is 10.4. The molecule has 1 saturated heterocycles. The summed E-state index contributed by atoms with van der Waals surface area (Å²) in [5.41, 5.74) is 0. The van der Waals surface area contributed by atoms with Crippen molar-refractivity contribution in [2.24, 2.45) is 7.05 Å². The van der Waals surface area contributed by atoms with Crippen molar-refractivity contribution in [2.75, 3.05) is 46.4 Å². The molecule has 0 spiro atoms. The summed E-state index contributed by atoms with van der Waals surface area (Å²) in [6.45, 7) is 3.34. The summed E-state index contributed by atoms with van der Waals surface area (Å²) in [7, 11) is 3.70. The van der Waals surface area contributed by atoms with Crippen LogP contribution in [-0.2, 0) is 11.8 Å². The van der Waals surface area contributed by atoms with Gasteiger partial charge in [-0.25, -0.2) is 9.37 Å². The van der Waals surface area contributed by atoms with E-state index in [9.17, 15) is 9.18 Å². The van der Waals surface area contributed by atoms with E-state index in [-0.39, 0.29) is 36.7 Å². The molecular formula is C19H27ClFN5O2. The third kappa shape index (κ3) is 5.43. The van der Waals surface area contributed by atoms with Crippen LogP contribution in [0.15, 0.2) is 36.7 Å². The van der Waals surface area contributed by atoms with Crippen LogP contribution in [0, 0.1) is 5.82 Å². The summed E-state index contributed by atoms with van der Waals surface area (Å²) in [4.78, 5) is 20.8. The maximum atomic E-state index is 13.6. The van der Waals surface area contributed by atoms with Crippen LogP contribution in [-0.4, -0.2) is 71.6 Å². The molecule has 154 valence electrons. The van der Waals surface area contributed by atoms with Crippen molar-refractivity contribution in [1.82, 2.24) is 24.7 Å². The first kappa shape index (κ1) is 22.1. The van der Waals surface area contributed by atoms with Gasteiger partial charge in [0.2, 0.25) is 5.91 Å². The number of carbonyl (C=O) groups is 1. The number of ether oxygens (including phenoxy) is 1. The van der Waals surface area contributed by atoms with Crippen LogP contribution in [0.1, 0.15) is 11.9 Å². The molecule has 1 N–H and O–H groups in total. The highest BCUT2D eigenvalue weighted by Crippen LogP contribution is 2.20. The summed E-state index contributed by atoms with van der Waals surface area (Å²) in [5, 5.41) is 3.37. The third-order valence-electron chi connectivity index (χ3n) is 4.80. The van der Waals surface area contributed by atoms with Crippen molar-refractivity contribution in [3.63, 3.8) is 0 Å². The van der Waals surface area contributed by atoms with Gasteiger partial charge in [0.15, 0.2) is 11.6 Å². The number of likely N-dealkylation sites (N-methyl/N-ethyl adjacent to an activating group) is 1. The molecule has 0 radical (unpaired) electrons. The van der Waals surface area contributed by atoms with Crippen LogP contribution in [0.4, 0.5) is 4.39 Å². The van der Waals surface area contributed by atoms with Crippen molar-refractivity contribution in [3.05, 3.63) is 48.3 Å². The zero-order valence-corrected chi connectivity index (χ0v) is 17.0. The first-order chi connectivity index (χ1) is 13.1. The van der Waals surface area contributed by atoms with Gasteiger partial charge in [0.25, 0.3) is 0 Å². The minimum atomic E-state index is -0.398. The number of para-hydroxylation sites is 1. The fraction of sp³-hybridized carbons (Fsp3) is 0.474. The molecule has 3 rings (SSSR count). The lowest BCUT2D eigenvalue weighted by Gasteiger charge is -2.36. The van der Waals surface area contributed by atoms with Gasteiger partial charge in [0, 0.05) is 46.1 Å². The Balaban J connectivity index is 0.00000280. The number of imidazole rings is 1. The lowest BCUT2D eigenvalue weighted by molar-refractivity contribution is -0.132. The van der Waals surface area contributed by atoms with Gasteiger partial charge >= 0.3 is 0 Å². The van der Waals surface area contributed by atoms with Gasteiger partial charge in [-0.2, -0.15) is 0 Å². The molecular weight excluding hydrogens is 385 g/mol. The smallest absolute Gasteiger partial charge is 0.236 e. The molecule has 1 amide bonds. The van der Waals surface area contributed by atoms with E-state index in [1.165, 1.54) is 6.07 Å². The van der Waals surface area contributed by atoms with Gasteiger partial charge in [0.05, 0.1) is 19.1 Å². The van der Waals surface area contributed by atoms with Gasteiger partial charge < -0.3 is 19.5 Å².